The molecule has 1 aliphatic heterocycles. The Morgan fingerprint density at radius 2 is 1.73 bits per heavy atom. The standard InChI is InChI=1S/C17H29N5/c1-2-13-5-9-22(10-6-13)16-20-11-14(12-21-16)17(19)7-3-15(18)4-8-17/h11-13,15H,2-10,18-19H2,1H3. The van der Waals surface area contributed by atoms with Gasteiger partial charge in [-0.2, -0.15) is 0 Å². The van der Waals surface area contributed by atoms with Crippen LogP contribution in [0.3, 0.4) is 0 Å². The van der Waals surface area contributed by atoms with E-state index in [1.54, 1.807) is 0 Å². The van der Waals surface area contributed by atoms with Gasteiger partial charge in [0.1, 0.15) is 0 Å². The van der Waals surface area contributed by atoms with Gasteiger partial charge in [0, 0.05) is 42.6 Å². The summed E-state index contributed by atoms with van der Waals surface area (Å²) in [6.45, 7) is 4.42. The van der Waals surface area contributed by atoms with Crippen LogP contribution in [0.25, 0.3) is 0 Å². The average Bonchev–Trinajstić information content (AvgIpc) is 2.58. The normalized spacial score (nSPS) is 30.5. The molecule has 1 saturated carbocycles. The van der Waals surface area contributed by atoms with Gasteiger partial charge in [0.25, 0.3) is 0 Å². The summed E-state index contributed by atoms with van der Waals surface area (Å²) in [5.74, 6) is 1.73. The number of piperidine rings is 1. The number of nitrogens with two attached hydrogens (primary N) is 2. The highest BCUT2D eigenvalue weighted by molar-refractivity contribution is 5.32. The van der Waals surface area contributed by atoms with Gasteiger partial charge in [0.05, 0.1) is 0 Å². The Hall–Kier alpha value is -1.20. The van der Waals surface area contributed by atoms with E-state index < -0.39 is 0 Å². The highest BCUT2D eigenvalue weighted by Crippen LogP contribution is 2.34. The lowest BCUT2D eigenvalue weighted by molar-refractivity contribution is 0.276. The van der Waals surface area contributed by atoms with Crippen LogP contribution in [-0.2, 0) is 5.54 Å². The van der Waals surface area contributed by atoms with E-state index in [1.165, 1.54) is 19.3 Å². The second kappa shape index (κ2) is 6.50. The molecule has 0 aromatic carbocycles. The van der Waals surface area contributed by atoms with Crippen LogP contribution in [0.15, 0.2) is 12.4 Å². The highest BCUT2D eigenvalue weighted by atomic mass is 15.2. The third kappa shape index (κ3) is 3.25. The van der Waals surface area contributed by atoms with Gasteiger partial charge in [-0.15, -0.1) is 0 Å². The van der Waals surface area contributed by atoms with Gasteiger partial charge in [-0.3, -0.25) is 0 Å². The summed E-state index contributed by atoms with van der Waals surface area (Å²) in [6.07, 6.45) is 11.5. The molecule has 1 aromatic rings. The Labute approximate surface area is 133 Å². The van der Waals surface area contributed by atoms with Crippen molar-refractivity contribution in [3.8, 4) is 0 Å². The Balaban J connectivity index is 1.65. The van der Waals surface area contributed by atoms with Gasteiger partial charge in [0.15, 0.2) is 0 Å². The maximum atomic E-state index is 6.56. The van der Waals surface area contributed by atoms with Crippen LogP contribution in [0.2, 0.25) is 0 Å². The first-order valence-electron chi connectivity index (χ1n) is 8.72. The molecular formula is C17H29N5. The molecular weight excluding hydrogens is 274 g/mol. The SMILES string of the molecule is CCC1CCN(c2ncc(C3(N)CCC(N)CC3)cn2)CC1. The molecule has 0 bridgehead atoms. The van der Waals surface area contributed by atoms with E-state index in [0.29, 0.717) is 6.04 Å². The Bertz CT molecular complexity index is 470. The predicted octanol–water partition coefficient (Wildman–Crippen LogP) is 2.16. The van der Waals surface area contributed by atoms with Crippen molar-refractivity contribution in [2.75, 3.05) is 18.0 Å². The van der Waals surface area contributed by atoms with E-state index in [0.717, 1.165) is 56.2 Å². The summed E-state index contributed by atoms with van der Waals surface area (Å²) in [4.78, 5) is 11.5. The molecule has 0 amide bonds. The number of aromatic nitrogens is 2. The Morgan fingerprint density at radius 3 is 2.27 bits per heavy atom. The van der Waals surface area contributed by atoms with E-state index in [9.17, 15) is 0 Å². The highest BCUT2D eigenvalue weighted by Gasteiger charge is 2.33. The molecule has 2 fully saturated rings. The van der Waals surface area contributed by atoms with Crippen LogP contribution >= 0.6 is 0 Å². The summed E-state index contributed by atoms with van der Waals surface area (Å²) < 4.78 is 0. The number of hydrogen-bond acceptors (Lipinski definition) is 5. The lowest BCUT2D eigenvalue weighted by Gasteiger charge is -2.36. The largest absolute Gasteiger partial charge is 0.341 e. The zero-order valence-corrected chi connectivity index (χ0v) is 13.7. The predicted molar refractivity (Wildman–Crippen MR) is 89.6 cm³/mol. The van der Waals surface area contributed by atoms with Crippen molar-refractivity contribution in [2.45, 2.75) is 63.5 Å². The first-order chi connectivity index (χ1) is 10.6. The number of hydrogen-bond donors (Lipinski definition) is 2. The van der Waals surface area contributed by atoms with Gasteiger partial charge < -0.3 is 16.4 Å². The summed E-state index contributed by atoms with van der Waals surface area (Å²) in [5, 5.41) is 0. The molecule has 122 valence electrons. The molecule has 1 aromatic heterocycles. The molecule has 4 N–H and O–H groups in total. The van der Waals surface area contributed by atoms with Gasteiger partial charge in [-0.25, -0.2) is 9.97 Å². The van der Waals surface area contributed by atoms with Crippen molar-refractivity contribution in [3.05, 3.63) is 18.0 Å². The minimum atomic E-state index is -0.288. The molecule has 0 atom stereocenters. The lowest BCUT2D eigenvalue weighted by atomic mass is 9.77. The summed E-state index contributed by atoms with van der Waals surface area (Å²) in [6, 6.07) is 0.303. The molecule has 2 heterocycles. The number of rotatable bonds is 3. The van der Waals surface area contributed by atoms with Crippen LogP contribution < -0.4 is 16.4 Å². The molecule has 0 spiro atoms. The van der Waals surface area contributed by atoms with Crippen molar-refractivity contribution < 1.29 is 0 Å². The van der Waals surface area contributed by atoms with Crippen molar-refractivity contribution in [2.24, 2.45) is 17.4 Å². The van der Waals surface area contributed by atoms with Gasteiger partial charge in [-0.05, 0) is 44.4 Å². The molecule has 2 aliphatic rings. The smallest absolute Gasteiger partial charge is 0.225 e. The molecule has 5 heteroatoms. The van der Waals surface area contributed by atoms with Crippen molar-refractivity contribution in [1.82, 2.24) is 9.97 Å². The Morgan fingerprint density at radius 1 is 1.14 bits per heavy atom. The zero-order valence-electron chi connectivity index (χ0n) is 13.7. The van der Waals surface area contributed by atoms with Crippen molar-refractivity contribution in [3.63, 3.8) is 0 Å². The van der Waals surface area contributed by atoms with Gasteiger partial charge in [0.2, 0.25) is 5.95 Å². The second-order valence-corrected chi connectivity index (χ2v) is 7.10. The monoisotopic (exact) mass is 303 g/mol. The fraction of sp³-hybridized carbons (Fsp3) is 0.765. The Kier molecular flexibility index (Phi) is 4.64. The van der Waals surface area contributed by atoms with E-state index in [1.807, 2.05) is 12.4 Å². The molecule has 1 aliphatic carbocycles. The van der Waals surface area contributed by atoms with E-state index in [-0.39, 0.29) is 5.54 Å². The van der Waals surface area contributed by atoms with Gasteiger partial charge >= 0.3 is 0 Å². The molecule has 3 rings (SSSR count). The molecule has 22 heavy (non-hydrogen) atoms. The third-order valence-corrected chi connectivity index (χ3v) is 5.61. The summed E-state index contributed by atoms with van der Waals surface area (Å²) >= 11 is 0. The topological polar surface area (TPSA) is 81.1 Å². The molecule has 5 nitrogen and oxygen atoms in total. The van der Waals surface area contributed by atoms with Crippen molar-refractivity contribution >= 4 is 5.95 Å². The molecule has 1 saturated heterocycles. The fourth-order valence-corrected chi connectivity index (χ4v) is 3.73. The zero-order chi connectivity index (χ0) is 15.6. The minimum absolute atomic E-state index is 0.288. The maximum absolute atomic E-state index is 6.56. The van der Waals surface area contributed by atoms with Gasteiger partial charge in [-0.1, -0.05) is 13.3 Å². The minimum Gasteiger partial charge on any atom is -0.341 e. The van der Waals surface area contributed by atoms with Crippen LogP contribution in [-0.4, -0.2) is 29.1 Å². The second-order valence-electron chi connectivity index (χ2n) is 7.10. The number of anilines is 1. The first kappa shape index (κ1) is 15.7. The van der Waals surface area contributed by atoms with Crippen LogP contribution in [0.1, 0.15) is 57.4 Å². The van der Waals surface area contributed by atoms with E-state index >= 15 is 0 Å². The van der Waals surface area contributed by atoms with Crippen LogP contribution in [0.4, 0.5) is 5.95 Å². The third-order valence-electron chi connectivity index (χ3n) is 5.61. The quantitative estimate of drug-likeness (QED) is 0.894. The maximum Gasteiger partial charge on any atom is 0.225 e. The molecule has 0 radical (unpaired) electrons. The molecule has 0 unspecified atom stereocenters. The van der Waals surface area contributed by atoms with E-state index in [4.69, 9.17) is 11.5 Å². The summed E-state index contributed by atoms with van der Waals surface area (Å²) in [7, 11) is 0. The lowest BCUT2D eigenvalue weighted by Crippen LogP contribution is -2.44. The van der Waals surface area contributed by atoms with Crippen LogP contribution in [0.5, 0.6) is 0 Å². The average molecular weight is 303 g/mol. The van der Waals surface area contributed by atoms with Crippen LogP contribution in [0, 0.1) is 5.92 Å². The fourth-order valence-electron chi connectivity index (χ4n) is 3.73. The first-order valence-corrected chi connectivity index (χ1v) is 8.72. The summed E-state index contributed by atoms with van der Waals surface area (Å²) in [5.41, 5.74) is 13.3. The van der Waals surface area contributed by atoms with E-state index in [2.05, 4.69) is 21.8 Å². The van der Waals surface area contributed by atoms with Crippen molar-refractivity contribution in [1.29, 1.82) is 0 Å². The number of nitrogens with zero attached hydrogens (tertiary/aromatic N) is 3.